The molecule has 1 amide bonds. The Morgan fingerprint density at radius 1 is 1.41 bits per heavy atom. The van der Waals surface area contributed by atoms with Crippen LogP contribution in [0.25, 0.3) is 0 Å². The molecule has 1 saturated heterocycles. The normalized spacial score (nSPS) is 23.9. The molecule has 2 aliphatic rings. The molecule has 3 rings (SSSR count). The van der Waals surface area contributed by atoms with Crippen molar-refractivity contribution in [2.24, 2.45) is 5.92 Å². The molecule has 3 unspecified atom stereocenters. The third-order valence-corrected chi connectivity index (χ3v) is 6.90. The summed E-state index contributed by atoms with van der Waals surface area (Å²) in [6, 6.07) is 4.02. The van der Waals surface area contributed by atoms with Crippen molar-refractivity contribution < 1.29 is 23.8 Å². The van der Waals surface area contributed by atoms with Gasteiger partial charge in [0.15, 0.2) is 0 Å². The topological polar surface area (TPSA) is 66.8 Å². The highest BCUT2D eigenvalue weighted by atomic mass is 35.5. The van der Waals surface area contributed by atoms with Crippen LogP contribution in [0.15, 0.2) is 18.2 Å². The molecule has 1 saturated carbocycles. The fraction of sp³-hybridized carbons (Fsp3) is 0.619. The Morgan fingerprint density at radius 2 is 2.10 bits per heavy atom. The summed E-state index contributed by atoms with van der Waals surface area (Å²) in [5.41, 5.74) is 0.612. The minimum Gasteiger partial charge on any atom is -0.481 e. The Hall–Kier alpha value is -1.31. The monoisotopic (exact) mass is 443 g/mol. The number of hydrogen-bond donors (Lipinski definition) is 1. The quantitative estimate of drug-likeness (QED) is 0.670. The van der Waals surface area contributed by atoms with Gasteiger partial charge in [0.25, 0.3) is 5.91 Å². The number of ether oxygens (including phenoxy) is 1. The first-order chi connectivity index (χ1) is 13.6. The first kappa shape index (κ1) is 22.4. The number of halogens is 2. The zero-order valence-electron chi connectivity index (χ0n) is 16.9. The number of aliphatic carboxylic acids is 1. The maximum atomic E-state index is 14.1. The standard InChI is InChI=1S/C21H27ClFNO4S/c1-21(2,3)29-11-17(12-4-5-12)24-16(13-6-7-14(22)15(23)8-13)10-28-18(20(24)27)9-19(25)26/h6-8,12,16-18H,4-5,9-11H2,1-3H3,(H,25,26). The van der Waals surface area contributed by atoms with Crippen LogP contribution in [0.5, 0.6) is 0 Å². The summed E-state index contributed by atoms with van der Waals surface area (Å²) in [7, 11) is 0. The van der Waals surface area contributed by atoms with Gasteiger partial charge in [-0.15, -0.1) is 0 Å². The number of hydrogen-bond acceptors (Lipinski definition) is 4. The van der Waals surface area contributed by atoms with Gasteiger partial charge in [-0.3, -0.25) is 9.59 Å². The molecule has 1 heterocycles. The molecule has 29 heavy (non-hydrogen) atoms. The van der Waals surface area contributed by atoms with Crippen molar-refractivity contribution in [3.63, 3.8) is 0 Å². The lowest BCUT2D eigenvalue weighted by Gasteiger charge is -2.44. The van der Waals surface area contributed by atoms with E-state index >= 15 is 0 Å². The van der Waals surface area contributed by atoms with E-state index in [1.54, 1.807) is 22.7 Å². The lowest BCUT2D eigenvalue weighted by Crippen LogP contribution is -2.55. The third kappa shape index (κ3) is 5.64. The van der Waals surface area contributed by atoms with Gasteiger partial charge in [0, 0.05) is 16.5 Å². The Balaban J connectivity index is 1.93. The molecular weight excluding hydrogens is 417 g/mol. The van der Waals surface area contributed by atoms with E-state index in [2.05, 4.69) is 20.8 Å². The number of amides is 1. The number of carboxylic acids is 1. The molecule has 1 aromatic carbocycles. The van der Waals surface area contributed by atoms with E-state index in [-0.39, 0.29) is 34.7 Å². The highest BCUT2D eigenvalue weighted by molar-refractivity contribution is 8.00. The smallest absolute Gasteiger partial charge is 0.306 e. The molecule has 0 spiro atoms. The molecule has 160 valence electrons. The van der Waals surface area contributed by atoms with Crippen LogP contribution < -0.4 is 0 Å². The number of benzene rings is 1. The Morgan fingerprint density at radius 3 is 2.66 bits per heavy atom. The van der Waals surface area contributed by atoms with Crippen LogP contribution in [0.1, 0.15) is 51.6 Å². The molecule has 0 aromatic heterocycles. The number of nitrogens with zero attached hydrogens (tertiary/aromatic N) is 1. The van der Waals surface area contributed by atoms with Crippen molar-refractivity contribution >= 4 is 35.2 Å². The van der Waals surface area contributed by atoms with Crippen LogP contribution >= 0.6 is 23.4 Å². The molecule has 5 nitrogen and oxygen atoms in total. The second kappa shape index (κ2) is 8.82. The number of thioether (sulfide) groups is 1. The zero-order valence-corrected chi connectivity index (χ0v) is 18.4. The average Bonchev–Trinajstić information content (AvgIpc) is 3.44. The number of carbonyl (C=O) groups is 2. The summed E-state index contributed by atoms with van der Waals surface area (Å²) >= 11 is 7.61. The SMILES string of the molecule is CC(C)(C)SCC(C1CC1)N1C(=O)C(CC(=O)O)OCC1c1ccc(Cl)c(F)c1. The van der Waals surface area contributed by atoms with Gasteiger partial charge in [-0.05, 0) is 36.5 Å². The summed E-state index contributed by atoms with van der Waals surface area (Å²) in [5.74, 6) is -0.836. The average molecular weight is 444 g/mol. The molecule has 1 aliphatic heterocycles. The summed E-state index contributed by atoms with van der Waals surface area (Å²) in [4.78, 5) is 26.3. The summed E-state index contributed by atoms with van der Waals surface area (Å²) in [6.07, 6.45) is 0.680. The molecular formula is C21H27ClFNO4S. The number of morpholine rings is 1. The van der Waals surface area contributed by atoms with Crippen LogP contribution in [0.2, 0.25) is 5.02 Å². The number of rotatable bonds is 7. The maximum Gasteiger partial charge on any atom is 0.306 e. The van der Waals surface area contributed by atoms with Gasteiger partial charge in [0.2, 0.25) is 0 Å². The predicted molar refractivity (Wildman–Crippen MR) is 112 cm³/mol. The van der Waals surface area contributed by atoms with Gasteiger partial charge in [-0.2, -0.15) is 11.8 Å². The van der Waals surface area contributed by atoms with E-state index in [1.165, 1.54) is 12.1 Å². The fourth-order valence-electron chi connectivity index (χ4n) is 3.61. The van der Waals surface area contributed by atoms with Crippen LogP contribution in [0.4, 0.5) is 4.39 Å². The van der Waals surface area contributed by atoms with E-state index < -0.39 is 23.9 Å². The minimum atomic E-state index is -1.08. The lowest BCUT2D eigenvalue weighted by molar-refractivity contribution is -0.169. The number of carbonyl (C=O) groups excluding carboxylic acids is 1. The van der Waals surface area contributed by atoms with Gasteiger partial charge < -0.3 is 14.7 Å². The molecule has 1 N–H and O–H groups in total. The molecule has 3 atom stereocenters. The predicted octanol–water partition coefficient (Wildman–Crippen LogP) is 4.53. The van der Waals surface area contributed by atoms with Crippen LogP contribution in [-0.4, -0.2) is 51.1 Å². The van der Waals surface area contributed by atoms with Gasteiger partial charge in [-0.1, -0.05) is 38.4 Å². The summed E-state index contributed by atoms with van der Waals surface area (Å²) in [5, 5.41) is 9.19. The Labute approximate surface area is 179 Å². The largest absolute Gasteiger partial charge is 0.481 e. The van der Waals surface area contributed by atoms with Crippen molar-refractivity contribution in [3.05, 3.63) is 34.6 Å². The zero-order chi connectivity index (χ0) is 21.3. The number of carboxylic acid groups (broad SMARTS) is 1. The minimum absolute atomic E-state index is 0.0224. The van der Waals surface area contributed by atoms with E-state index in [9.17, 15) is 19.1 Å². The Kier molecular flexibility index (Phi) is 6.81. The van der Waals surface area contributed by atoms with Crippen molar-refractivity contribution in [1.29, 1.82) is 0 Å². The molecule has 8 heteroatoms. The highest BCUT2D eigenvalue weighted by Gasteiger charge is 2.46. The van der Waals surface area contributed by atoms with E-state index in [1.807, 2.05) is 0 Å². The van der Waals surface area contributed by atoms with E-state index in [0.717, 1.165) is 18.6 Å². The highest BCUT2D eigenvalue weighted by Crippen LogP contribution is 2.43. The molecule has 1 aromatic rings. The van der Waals surface area contributed by atoms with Crippen LogP contribution in [-0.2, 0) is 14.3 Å². The summed E-state index contributed by atoms with van der Waals surface area (Å²) in [6.45, 7) is 6.51. The van der Waals surface area contributed by atoms with Crippen molar-refractivity contribution in [2.75, 3.05) is 12.4 Å². The Bertz CT molecular complexity index is 780. The second-order valence-corrected chi connectivity index (χ2v) is 10.9. The molecule has 0 radical (unpaired) electrons. The van der Waals surface area contributed by atoms with E-state index in [0.29, 0.717) is 11.5 Å². The van der Waals surface area contributed by atoms with Gasteiger partial charge in [-0.25, -0.2) is 4.39 Å². The lowest BCUT2D eigenvalue weighted by atomic mass is 9.98. The van der Waals surface area contributed by atoms with Gasteiger partial charge >= 0.3 is 5.97 Å². The van der Waals surface area contributed by atoms with Crippen molar-refractivity contribution in [2.45, 2.75) is 63.0 Å². The van der Waals surface area contributed by atoms with E-state index in [4.69, 9.17) is 16.3 Å². The van der Waals surface area contributed by atoms with Crippen LogP contribution in [0, 0.1) is 11.7 Å². The molecule has 0 bridgehead atoms. The molecule has 1 aliphatic carbocycles. The first-order valence-corrected chi connectivity index (χ1v) is 11.2. The molecule has 2 fully saturated rings. The maximum absolute atomic E-state index is 14.1. The van der Waals surface area contributed by atoms with Crippen molar-refractivity contribution in [3.8, 4) is 0 Å². The second-order valence-electron chi connectivity index (χ2n) is 8.68. The van der Waals surface area contributed by atoms with Crippen molar-refractivity contribution in [1.82, 2.24) is 4.90 Å². The van der Waals surface area contributed by atoms with Gasteiger partial charge in [0.05, 0.1) is 24.1 Å². The first-order valence-electron chi connectivity index (χ1n) is 9.81. The van der Waals surface area contributed by atoms with Gasteiger partial charge in [0.1, 0.15) is 11.9 Å². The summed E-state index contributed by atoms with van der Waals surface area (Å²) < 4.78 is 19.8. The fourth-order valence-corrected chi connectivity index (χ4v) is 4.84. The van der Waals surface area contributed by atoms with Crippen LogP contribution in [0.3, 0.4) is 0 Å². The third-order valence-electron chi connectivity index (χ3n) is 5.22.